The highest BCUT2D eigenvalue weighted by molar-refractivity contribution is 7.89. The molecule has 0 aromatic heterocycles. The summed E-state index contributed by atoms with van der Waals surface area (Å²) in [5.74, 6) is -1.14. The second-order valence-corrected chi connectivity index (χ2v) is 6.46. The number of fused-ring (bicyclic) bond motifs is 1. The van der Waals surface area contributed by atoms with Gasteiger partial charge in [0.05, 0.1) is 10.6 Å². The molecule has 8 nitrogen and oxygen atoms in total. The minimum absolute atomic E-state index is 0.128. The first-order valence-corrected chi connectivity index (χ1v) is 8.08. The monoisotopic (exact) mass is 328 g/mol. The predicted octanol–water partition coefficient (Wildman–Crippen LogP) is 0.183. The predicted molar refractivity (Wildman–Crippen MR) is 77.4 cm³/mol. The molecule has 0 radical (unpaired) electrons. The number of carbonyl (C=O) groups excluding carboxylic acids is 1. The molecule has 1 aliphatic rings. The van der Waals surface area contributed by atoms with Gasteiger partial charge in [0.2, 0.25) is 10.0 Å². The van der Waals surface area contributed by atoms with E-state index in [0.717, 1.165) is 0 Å². The molecule has 0 fully saturated rings. The number of hydrogen-bond donors (Lipinski definition) is 2. The molecule has 1 aromatic carbocycles. The number of nitrogens with zero attached hydrogens (tertiary/aromatic N) is 1. The first kappa shape index (κ1) is 16.2. The number of amides is 1. The number of benzene rings is 1. The summed E-state index contributed by atoms with van der Waals surface area (Å²) in [6.45, 7) is 3.03. The Hall–Kier alpha value is -2.13. The van der Waals surface area contributed by atoms with E-state index in [1.165, 1.54) is 23.1 Å². The van der Waals surface area contributed by atoms with Crippen molar-refractivity contribution in [1.29, 1.82) is 0 Å². The molecule has 1 unspecified atom stereocenters. The van der Waals surface area contributed by atoms with Crippen molar-refractivity contribution in [3.8, 4) is 5.75 Å². The van der Waals surface area contributed by atoms with Gasteiger partial charge in [-0.1, -0.05) is 0 Å². The molecule has 22 heavy (non-hydrogen) atoms. The molecule has 2 rings (SSSR count). The van der Waals surface area contributed by atoms with E-state index < -0.39 is 28.6 Å². The summed E-state index contributed by atoms with van der Waals surface area (Å²) < 4.78 is 31.5. The maximum absolute atomic E-state index is 12.1. The number of ether oxygens (including phenoxy) is 1. The lowest BCUT2D eigenvalue weighted by molar-refractivity contribution is -0.135. The molecule has 0 bridgehead atoms. The molecule has 2 N–H and O–H groups in total. The lowest BCUT2D eigenvalue weighted by Crippen LogP contribution is -2.44. The van der Waals surface area contributed by atoms with E-state index in [1.54, 1.807) is 13.8 Å². The quantitative estimate of drug-likeness (QED) is 0.797. The summed E-state index contributed by atoms with van der Waals surface area (Å²) in [5.41, 5.74) is 0.351. The number of carboxylic acids is 1. The van der Waals surface area contributed by atoms with Crippen LogP contribution in [0.2, 0.25) is 0 Å². The highest BCUT2D eigenvalue weighted by Crippen LogP contribution is 2.35. The van der Waals surface area contributed by atoms with Gasteiger partial charge in [-0.05, 0) is 32.0 Å². The number of nitrogens with one attached hydrogen (secondary N) is 1. The summed E-state index contributed by atoms with van der Waals surface area (Å²) in [5, 5.41) is 8.56. The van der Waals surface area contributed by atoms with Crippen molar-refractivity contribution in [3.63, 3.8) is 0 Å². The fourth-order valence-electron chi connectivity index (χ4n) is 2.12. The van der Waals surface area contributed by atoms with Crippen LogP contribution < -0.4 is 14.4 Å². The van der Waals surface area contributed by atoms with Crippen molar-refractivity contribution >= 4 is 27.6 Å². The fourth-order valence-corrected chi connectivity index (χ4v) is 3.11. The average Bonchev–Trinajstić information content (AvgIpc) is 2.46. The first-order chi connectivity index (χ1) is 10.3. The summed E-state index contributed by atoms with van der Waals surface area (Å²) in [6, 6.07) is 4.06. The highest BCUT2D eigenvalue weighted by Gasteiger charge is 2.31. The zero-order valence-electron chi connectivity index (χ0n) is 12.1. The van der Waals surface area contributed by atoms with Gasteiger partial charge in [0.15, 0.2) is 6.10 Å². The molecule has 0 spiro atoms. The Morgan fingerprint density at radius 2 is 2.14 bits per heavy atom. The van der Waals surface area contributed by atoms with Gasteiger partial charge in [-0.25, -0.2) is 8.42 Å². The van der Waals surface area contributed by atoms with E-state index in [-0.39, 0.29) is 10.8 Å². The van der Waals surface area contributed by atoms with Crippen LogP contribution in [0.25, 0.3) is 0 Å². The van der Waals surface area contributed by atoms with Gasteiger partial charge >= 0.3 is 5.97 Å². The molecule has 120 valence electrons. The van der Waals surface area contributed by atoms with Gasteiger partial charge in [0.1, 0.15) is 12.3 Å². The van der Waals surface area contributed by atoms with E-state index >= 15 is 0 Å². The van der Waals surface area contributed by atoms with Crippen LogP contribution >= 0.6 is 0 Å². The zero-order valence-corrected chi connectivity index (χ0v) is 12.9. The maximum Gasteiger partial charge on any atom is 0.318 e. The number of hydrogen-bond acceptors (Lipinski definition) is 5. The Kier molecular flexibility index (Phi) is 4.38. The van der Waals surface area contributed by atoms with Crippen molar-refractivity contribution in [2.24, 2.45) is 0 Å². The Bertz CT molecular complexity index is 715. The lowest BCUT2D eigenvalue weighted by atomic mass is 10.2. The summed E-state index contributed by atoms with van der Waals surface area (Å²) >= 11 is 0. The summed E-state index contributed by atoms with van der Waals surface area (Å²) in [4.78, 5) is 23.8. The number of likely N-dealkylation sites (N-methyl/N-ethyl adjacent to an activating group) is 1. The number of anilines is 1. The van der Waals surface area contributed by atoms with Crippen LogP contribution in [0.3, 0.4) is 0 Å². The number of carboxylic acid groups (broad SMARTS) is 1. The van der Waals surface area contributed by atoms with E-state index in [1.807, 2.05) is 4.72 Å². The van der Waals surface area contributed by atoms with Crippen molar-refractivity contribution in [2.75, 3.05) is 18.0 Å². The molecule has 9 heteroatoms. The largest absolute Gasteiger partial charge is 0.480 e. The highest BCUT2D eigenvalue weighted by atomic mass is 32.2. The smallest absolute Gasteiger partial charge is 0.318 e. The average molecular weight is 328 g/mol. The van der Waals surface area contributed by atoms with Gasteiger partial charge in [-0.3, -0.25) is 9.59 Å². The molecule has 1 heterocycles. The SMILES string of the molecule is CCN1C(=O)C(C)Oc2ccc(S(=O)(=O)NCC(=O)O)cc21. The van der Waals surface area contributed by atoms with E-state index in [0.29, 0.717) is 18.0 Å². The minimum Gasteiger partial charge on any atom is -0.480 e. The van der Waals surface area contributed by atoms with Crippen molar-refractivity contribution < 1.29 is 27.9 Å². The molecule has 1 aromatic rings. The van der Waals surface area contributed by atoms with Crippen LogP contribution in [-0.2, 0) is 19.6 Å². The van der Waals surface area contributed by atoms with Crippen LogP contribution in [0.15, 0.2) is 23.1 Å². The van der Waals surface area contributed by atoms with Gasteiger partial charge in [0.25, 0.3) is 5.91 Å². The van der Waals surface area contributed by atoms with E-state index in [4.69, 9.17) is 9.84 Å². The molecule has 1 aliphatic heterocycles. The second-order valence-electron chi connectivity index (χ2n) is 4.69. The molecule has 1 atom stereocenters. The van der Waals surface area contributed by atoms with Gasteiger partial charge < -0.3 is 14.7 Å². The summed E-state index contributed by atoms with van der Waals surface area (Å²) in [6.07, 6.45) is -0.639. The summed E-state index contributed by atoms with van der Waals surface area (Å²) in [7, 11) is -3.98. The van der Waals surface area contributed by atoms with Crippen molar-refractivity contribution in [1.82, 2.24) is 4.72 Å². The number of rotatable bonds is 5. The van der Waals surface area contributed by atoms with Crippen molar-refractivity contribution in [3.05, 3.63) is 18.2 Å². The van der Waals surface area contributed by atoms with Gasteiger partial charge in [-0.2, -0.15) is 4.72 Å². The Labute approximate surface area is 127 Å². The first-order valence-electron chi connectivity index (χ1n) is 6.59. The number of aliphatic carboxylic acids is 1. The van der Waals surface area contributed by atoms with Crippen LogP contribution in [0.5, 0.6) is 5.75 Å². The van der Waals surface area contributed by atoms with Crippen LogP contribution in [-0.4, -0.2) is 44.6 Å². The Morgan fingerprint density at radius 3 is 2.73 bits per heavy atom. The molecule has 0 saturated heterocycles. The topological polar surface area (TPSA) is 113 Å². The standard InChI is InChI=1S/C13H16N2O6S/c1-3-15-10-6-9(22(19,20)14-7-12(16)17)4-5-11(10)21-8(2)13(15)18/h4-6,8,14H,3,7H2,1-2H3,(H,16,17). The molecule has 0 saturated carbocycles. The van der Waals surface area contributed by atoms with Gasteiger partial charge in [0, 0.05) is 6.54 Å². The third kappa shape index (κ3) is 3.04. The Morgan fingerprint density at radius 1 is 1.45 bits per heavy atom. The van der Waals surface area contributed by atoms with Crippen LogP contribution in [0.1, 0.15) is 13.8 Å². The lowest BCUT2D eigenvalue weighted by Gasteiger charge is -2.32. The fraction of sp³-hybridized carbons (Fsp3) is 0.385. The van der Waals surface area contributed by atoms with Crippen LogP contribution in [0.4, 0.5) is 5.69 Å². The molecule has 1 amide bonds. The third-order valence-corrected chi connectivity index (χ3v) is 4.58. The number of sulfonamides is 1. The number of carbonyl (C=O) groups is 2. The molecular weight excluding hydrogens is 312 g/mol. The molecular formula is C13H16N2O6S. The second kappa shape index (κ2) is 5.93. The van der Waals surface area contributed by atoms with Gasteiger partial charge in [-0.15, -0.1) is 0 Å². The van der Waals surface area contributed by atoms with Crippen LogP contribution in [0, 0.1) is 0 Å². The normalized spacial score (nSPS) is 17.8. The maximum atomic E-state index is 12.1. The molecule has 0 aliphatic carbocycles. The minimum atomic E-state index is -3.98. The van der Waals surface area contributed by atoms with E-state index in [9.17, 15) is 18.0 Å². The van der Waals surface area contributed by atoms with E-state index in [2.05, 4.69) is 0 Å². The third-order valence-electron chi connectivity index (χ3n) is 3.18. The Balaban J connectivity index is 2.41. The zero-order chi connectivity index (χ0) is 16.5. The van der Waals surface area contributed by atoms with Crippen molar-refractivity contribution in [2.45, 2.75) is 24.8 Å².